The molecule has 1 atom stereocenters. The molecule has 0 aliphatic rings. The second-order valence-electron chi connectivity index (χ2n) is 6.28. The fraction of sp³-hybridized carbons (Fsp3) is 0.611. The standard InChI is InChI=1S/C18H30N2O2.ClH/c1-13(2)15-6-8-16(9-7-15)18(14(3)4)20-17(21)12-19-10-11-22-5;/h6-9,13-14,18-19H,10-12H2,1-5H3,(H,20,21);1H. The SMILES string of the molecule is COCCNCC(=O)NC(c1ccc(C(C)C)cc1)C(C)C.Cl. The summed E-state index contributed by atoms with van der Waals surface area (Å²) in [5.74, 6) is 0.877. The average molecular weight is 343 g/mol. The molecule has 0 aromatic heterocycles. The Balaban J connectivity index is 0.00000484. The Bertz CT molecular complexity index is 447. The van der Waals surface area contributed by atoms with Crippen molar-refractivity contribution in [2.24, 2.45) is 5.92 Å². The molecule has 1 aromatic rings. The number of halogens is 1. The van der Waals surface area contributed by atoms with Gasteiger partial charge in [0.1, 0.15) is 0 Å². The van der Waals surface area contributed by atoms with E-state index in [0.29, 0.717) is 31.5 Å². The van der Waals surface area contributed by atoms with Gasteiger partial charge in [-0.3, -0.25) is 4.79 Å². The molecule has 1 unspecified atom stereocenters. The minimum atomic E-state index is 0. The zero-order valence-electron chi connectivity index (χ0n) is 14.9. The summed E-state index contributed by atoms with van der Waals surface area (Å²) in [5.41, 5.74) is 2.48. The lowest BCUT2D eigenvalue weighted by Gasteiger charge is -2.23. The normalized spacial score (nSPS) is 12.1. The van der Waals surface area contributed by atoms with Crippen molar-refractivity contribution < 1.29 is 9.53 Å². The number of ether oxygens (including phenoxy) is 1. The molecule has 1 aromatic carbocycles. The summed E-state index contributed by atoms with van der Waals surface area (Å²) in [6.07, 6.45) is 0. The number of carbonyl (C=O) groups is 1. The minimum Gasteiger partial charge on any atom is -0.383 e. The van der Waals surface area contributed by atoms with Crippen LogP contribution in [0.5, 0.6) is 0 Å². The van der Waals surface area contributed by atoms with Crippen molar-refractivity contribution in [2.75, 3.05) is 26.8 Å². The quantitative estimate of drug-likeness (QED) is 0.677. The van der Waals surface area contributed by atoms with Gasteiger partial charge in [0.05, 0.1) is 19.2 Å². The van der Waals surface area contributed by atoms with Crippen LogP contribution in [0, 0.1) is 5.92 Å². The number of rotatable bonds is 9. The number of carbonyl (C=O) groups excluding carboxylic acids is 1. The summed E-state index contributed by atoms with van der Waals surface area (Å²) in [4.78, 5) is 12.1. The number of amides is 1. The molecule has 4 nitrogen and oxygen atoms in total. The van der Waals surface area contributed by atoms with E-state index in [1.807, 2.05) is 0 Å². The van der Waals surface area contributed by atoms with Crippen molar-refractivity contribution >= 4 is 18.3 Å². The molecule has 0 radical (unpaired) electrons. The Morgan fingerprint density at radius 2 is 1.65 bits per heavy atom. The molecule has 0 spiro atoms. The topological polar surface area (TPSA) is 50.4 Å². The van der Waals surface area contributed by atoms with Crippen LogP contribution in [0.15, 0.2) is 24.3 Å². The Morgan fingerprint density at radius 1 is 1.09 bits per heavy atom. The van der Waals surface area contributed by atoms with Crippen molar-refractivity contribution in [3.05, 3.63) is 35.4 Å². The van der Waals surface area contributed by atoms with Gasteiger partial charge in [-0.15, -0.1) is 12.4 Å². The van der Waals surface area contributed by atoms with Gasteiger partial charge in [-0.25, -0.2) is 0 Å². The van der Waals surface area contributed by atoms with Crippen molar-refractivity contribution in [3.8, 4) is 0 Å². The highest BCUT2D eigenvalue weighted by molar-refractivity contribution is 5.85. The Kier molecular flexibility index (Phi) is 10.9. The molecular formula is C18H31ClN2O2. The van der Waals surface area contributed by atoms with Gasteiger partial charge >= 0.3 is 0 Å². The first kappa shape index (κ1) is 21.9. The van der Waals surface area contributed by atoms with E-state index in [1.54, 1.807) is 7.11 Å². The van der Waals surface area contributed by atoms with Crippen LogP contribution < -0.4 is 10.6 Å². The molecular weight excluding hydrogens is 312 g/mol. The minimum absolute atomic E-state index is 0. The smallest absolute Gasteiger partial charge is 0.234 e. The number of benzene rings is 1. The second kappa shape index (κ2) is 11.4. The van der Waals surface area contributed by atoms with Gasteiger partial charge in [-0.1, -0.05) is 52.0 Å². The molecule has 5 heteroatoms. The van der Waals surface area contributed by atoms with Crippen LogP contribution in [0.2, 0.25) is 0 Å². The van der Waals surface area contributed by atoms with E-state index < -0.39 is 0 Å². The first-order chi connectivity index (χ1) is 10.5. The molecule has 1 rings (SSSR count). The summed E-state index contributed by atoms with van der Waals surface area (Å²) in [7, 11) is 1.65. The maximum atomic E-state index is 12.1. The fourth-order valence-electron chi connectivity index (χ4n) is 2.32. The van der Waals surface area contributed by atoms with Crippen LogP contribution >= 0.6 is 12.4 Å². The summed E-state index contributed by atoms with van der Waals surface area (Å²) < 4.78 is 4.95. The maximum Gasteiger partial charge on any atom is 0.234 e. The summed E-state index contributed by atoms with van der Waals surface area (Å²) in [6.45, 7) is 10.2. The molecule has 0 fully saturated rings. The van der Waals surface area contributed by atoms with Crippen LogP contribution in [0.1, 0.15) is 50.8 Å². The third-order valence-electron chi connectivity index (χ3n) is 3.71. The Hall–Kier alpha value is -1.10. The van der Waals surface area contributed by atoms with Crippen molar-refractivity contribution in [2.45, 2.75) is 39.7 Å². The zero-order chi connectivity index (χ0) is 16.5. The van der Waals surface area contributed by atoms with Gasteiger partial charge in [-0.2, -0.15) is 0 Å². The molecule has 0 heterocycles. The first-order valence-electron chi connectivity index (χ1n) is 8.04. The second-order valence-corrected chi connectivity index (χ2v) is 6.28. The van der Waals surface area contributed by atoms with Gasteiger partial charge < -0.3 is 15.4 Å². The van der Waals surface area contributed by atoms with Crippen LogP contribution in [-0.2, 0) is 9.53 Å². The van der Waals surface area contributed by atoms with Gasteiger partial charge in [0.25, 0.3) is 0 Å². The molecule has 0 saturated heterocycles. The third-order valence-corrected chi connectivity index (χ3v) is 3.71. The lowest BCUT2D eigenvalue weighted by atomic mass is 9.93. The van der Waals surface area contributed by atoms with E-state index in [4.69, 9.17) is 4.74 Å². The lowest BCUT2D eigenvalue weighted by molar-refractivity contribution is -0.121. The van der Waals surface area contributed by atoms with Gasteiger partial charge in [0.15, 0.2) is 0 Å². The molecule has 132 valence electrons. The van der Waals surface area contributed by atoms with Gasteiger partial charge in [-0.05, 0) is 23.0 Å². The predicted molar refractivity (Wildman–Crippen MR) is 98.2 cm³/mol. The fourth-order valence-corrected chi connectivity index (χ4v) is 2.32. The van der Waals surface area contributed by atoms with Gasteiger partial charge in [0, 0.05) is 13.7 Å². The van der Waals surface area contributed by atoms with Crippen LogP contribution in [-0.4, -0.2) is 32.7 Å². The van der Waals surface area contributed by atoms with Crippen LogP contribution in [0.4, 0.5) is 0 Å². The van der Waals surface area contributed by atoms with E-state index in [0.717, 1.165) is 5.56 Å². The number of nitrogens with one attached hydrogen (secondary N) is 2. The van der Waals surface area contributed by atoms with Crippen LogP contribution in [0.25, 0.3) is 0 Å². The van der Waals surface area contributed by atoms with E-state index in [2.05, 4.69) is 62.6 Å². The van der Waals surface area contributed by atoms with Gasteiger partial charge in [0.2, 0.25) is 5.91 Å². The Labute approximate surface area is 146 Å². The monoisotopic (exact) mass is 342 g/mol. The highest BCUT2D eigenvalue weighted by Crippen LogP contribution is 2.23. The van der Waals surface area contributed by atoms with E-state index in [9.17, 15) is 4.79 Å². The van der Waals surface area contributed by atoms with E-state index >= 15 is 0 Å². The first-order valence-corrected chi connectivity index (χ1v) is 8.04. The summed E-state index contributed by atoms with van der Waals surface area (Å²) in [5, 5.41) is 6.18. The molecule has 0 aliphatic heterocycles. The molecule has 0 saturated carbocycles. The molecule has 0 aliphatic carbocycles. The van der Waals surface area contributed by atoms with Crippen molar-refractivity contribution in [1.29, 1.82) is 0 Å². The van der Waals surface area contributed by atoms with E-state index in [-0.39, 0.29) is 24.4 Å². The maximum absolute atomic E-state index is 12.1. The molecule has 0 bridgehead atoms. The van der Waals surface area contributed by atoms with E-state index in [1.165, 1.54) is 5.56 Å². The predicted octanol–water partition coefficient (Wildman–Crippen LogP) is 3.28. The molecule has 1 amide bonds. The molecule has 23 heavy (non-hydrogen) atoms. The van der Waals surface area contributed by atoms with Crippen LogP contribution in [0.3, 0.4) is 0 Å². The number of hydrogen-bond donors (Lipinski definition) is 2. The number of methoxy groups -OCH3 is 1. The summed E-state index contributed by atoms with van der Waals surface area (Å²) >= 11 is 0. The highest BCUT2D eigenvalue weighted by atomic mass is 35.5. The highest BCUT2D eigenvalue weighted by Gasteiger charge is 2.18. The lowest BCUT2D eigenvalue weighted by Crippen LogP contribution is -2.38. The van der Waals surface area contributed by atoms with Crippen molar-refractivity contribution in [3.63, 3.8) is 0 Å². The largest absolute Gasteiger partial charge is 0.383 e. The summed E-state index contributed by atoms with van der Waals surface area (Å²) in [6, 6.07) is 8.59. The zero-order valence-corrected chi connectivity index (χ0v) is 15.7. The number of hydrogen-bond acceptors (Lipinski definition) is 3. The molecule has 2 N–H and O–H groups in total. The Morgan fingerprint density at radius 3 is 2.13 bits per heavy atom. The average Bonchev–Trinajstić information content (AvgIpc) is 2.49. The van der Waals surface area contributed by atoms with Crippen molar-refractivity contribution in [1.82, 2.24) is 10.6 Å². The third kappa shape index (κ3) is 7.82.